The first-order chi connectivity index (χ1) is 6.72. The number of hydrazone groups is 1. The van der Waals surface area contributed by atoms with E-state index >= 15 is 0 Å². The fourth-order valence-corrected chi connectivity index (χ4v) is 1.47. The van der Waals surface area contributed by atoms with E-state index in [1.165, 1.54) is 0 Å². The maximum absolute atomic E-state index is 10.8. The standard InChI is InChI=1S/C10H18N2O2/c1-2-3-4-9(13)7-8-5-6-10(14)12-11-8/h9,13H,2-7H2,1H3,(H,12,14). The third-order valence-electron chi connectivity index (χ3n) is 2.34. The maximum Gasteiger partial charge on any atom is 0.240 e. The molecule has 0 spiro atoms. The average molecular weight is 198 g/mol. The van der Waals surface area contributed by atoms with Crippen LogP contribution >= 0.6 is 0 Å². The van der Waals surface area contributed by atoms with E-state index in [-0.39, 0.29) is 12.0 Å². The first-order valence-electron chi connectivity index (χ1n) is 5.24. The van der Waals surface area contributed by atoms with Gasteiger partial charge in [-0.2, -0.15) is 5.10 Å². The van der Waals surface area contributed by atoms with E-state index in [2.05, 4.69) is 17.5 Å². The van der Waals surface area contributed by atoms with Gasteiger partial charge in [-0.3, -0.25) is 4.79 Å². The van der Waals surface area contributed by atoms with Gasteiger partial charge in [0.05, 0.1) is 6.10 Å². The van der Waals surface area contributed by atoms with Gasteiger partial charge in [0, 0.05) is 18.6 Å². The smallest absolute Gasteiger partial charge is 0.240 e. The largest absolute Gasteiger partial charge is 0.393 e. The van der Waals surface area contributed by atoms with Crippen molar-refractivity contribution < 1.29 is 9.90 Å². The lowest BCUT2D eigenvalue weighted by Gasteiger charge is -2.15. The lowest BCUT2D eigenvalue weighted by molar-refractivity contribution is -0.121. The molecule has 4 nitrogen and oxygen atoms in total. The van der Waals surface area contributed by atoms with Gasteiger partial charge in [0.15, 0.2) is 0 Å². The Morgan fingerprint density at radius 3 is 2.93 bits per heavy atom. The van der Waals surface area contributed by atoms with Crippen LogP contribution < -0.4 is 5.43 Å². The molecule has 1 atom stereocenters. The summed E-state index contributed by atoms with van der Waals surface area (Å²) in [7, 11) is 0. The number of hydrogen-bond donors (Lipinski definition) is 2. The van der Waals surface area contributed by atoms with E-state index in [9.17, 15) is 9.90 Å². The molecular formula is C10H18N2O2. The molecule has 0 aromatic heterocycles. The first-order valence-corrected chi connectivity index (χ1v) is 5.24. The van der Waals surface area contributed by atoms with E-state index in [0.29, 0.717) is 19.3 Å². The second kappa shape index (κ2) is 5.75. The molecular weight excluding hydrogens is 180 g/mol. The number of aliphatic hydroxyl groups is 1. The molecule has 1 aliphatic heterocycles. The lowest BCUT2D eigenvalue weighted by atomic mass is 10.0. The molecule has 0 aromatic rings. The normalized spacial score (nSPS) is 18.7. The van der Waals surface area contributed by atoms with Crippen molar-refractivity contribution >= 4 is 11.6 Å². The zero-order chi connectivity index (χ0) is 10.4. The molecule has 2 N–H and O–H groups in total. The van der Waals surface area contributed by atoms with Crippen LogP contribution in [0.5, 0.6) is 0 Å². The number of amides is 1. The van der Waals surface area contributed by atoms with Crippen LogP contribution in [-0.4, -0.2) is 22.8 Å². The summed E-state index contributed by atoms with van der Waals surface area (Å²) in [6.45, 7) is 2.10. The van der Waals surface area contributed by atoms with E-state index in [4.69, 9.17) is 0 Å². The minimum Gasteiger partial charge on any atom is -0.393 e. The monoisotopic (exact) mass is 198 g/mol. The van der Waals surface area contributed by atoms with Gasteiger partial charge in [-0.05, 0) is 12.8 Å². The molecule has 0 bridgehead atoms. The Hall–Kier alpha value is -0.900. The Morgan fingerprint density at radius 1 is 1.57 bits per heavy atom. The summed E-state index contributed by atoms with van der Waals surface area (Å²) < 4.78 is 0. The number of hydrogen-bond acceptors (Lipinski definition) is 3. The molecule has 0 aliphatic carbocycles. The predicted octanol–water partition coefficient (Wildman–Crippen LogP) is 1.19. The van der Waals surface area contributed by atoms with Crippen molar-refractivity contribution in [1.29, 1.82) is 0 Å². The lowest BCUT2D eigenvalue weighted by Crippen LogP contribution is -2.27. The van der Waals surface area contributed by atoms with Gasteiger partial charge < -0.3 is 5.11 Å². The Bertz CT molecular complexity index is 226. The zero-order valence-corrected chi connectivity index (χ0v) is 8.62. The highest BCUT2D eigenvalue weighted by molar-refractivity contribution is 5.92. The molecule has 1 rings (SSSR count). The van der Waals surface area contributed by atoms with Crippen molar-refractivity contribution in [3.05, 3.63) is 0 Å². The summed E-state index contributed by atoms with van der Waals surface area (Å²) in [5.74, 6) is -0.0307. The molecule has 0 saturated heterocycles. The second-order valence-electron chi connectivity index (χ2n) is 3.71. The summed E-state index contributed by atoms with van der Waals surface area (Å²) in [4.78, 5) is 10.8. The minimum absolute atomic E-state index is 0.0307. The summed E-state index contributed by atoms with van der Waals surface area (Å²) in [5.41, 5.74) is 3.34. The van der Waals surface area contributed by atoms with Gasteiger partial charge in [-0.15, -0.1) is 0 Å². The van der Waals surface area contributed by atoms with E-state index in [1.54, 1.807) is 0 Å². The van der Waals surface area contributed by atoms with Gasteiger partial charge >= 0.3 is 0 Å². The second-order valence-corrected chi connectivity index (χ2v) is 3.71. The number of unbranched alkanes of at least 4 members (excludes halogenated alkanes) is 1. The Kier molecular flexibility index (Phi) is 4.59. The molecule has 1 aliphatic rings. The molecule has 80 valence electrons. The number of carbonyl (C=O) groups excluding carboxylic acids is 1. The maximum atomic E-state index is 10.8. The minimum atomic E-state index is -0.302. The Balaban J connectivity index is 2.26. The van der Waals surface area contributed by atoms with Crippen LogP contribution in [0.3, 0.4) is 0 Å². The van der Waals surface area contributed by atoms with Crippen LogP contribution in [0.2, 0.25) is 0 Å². The fraction of sp³-hybridized carbons (Fsp3) is 0.800. The van der Waals surface area contributed by atoms with Crippen LogP contribution in [0.25, 0.3) is 0 Å². The molecule has 0 aromatic carbocycles. The number of carbonyl (C=O) groups is 1. The SMILES string of the molecule is CCCCC(O)CC1=NNC(=O)CC1. The highest BCUT2D eigenvalue weighted by Gasteiger charge is 2.14. The van der Waals surface area contributed by atoms with Gasteiger partial charge in [-0.25, -0.2) is 5.43 Å². The predicted molar refractivity (Wildman–Crippen MR) is 55.0 cm³/mol. The third kappa shape index (κ3) is 3.87. The molecule has 0 fully saturated rings. The number of nitrogens with zero attached hydrogens (tertiary/aromatic N) is 1. The zero-order valence-electron chi connectivity index (χ0n) is 8.62. The molecule has 0 radical (unpaired) electrons. The van der Waals surface area contributed by atoms with Gasteiger partial charge in [0.25, 0.3) is 0 Å². The number of nitrogens with one attached hydrogen (secondary N) is 1. The molecule has 4 heteroatoms. The van der Waals surface area contributed by atoms with E-state index < -0.39 is 0 Å². The van der Waals surface area contributed by atoms with E-state index in [1.807, 2.05) is 0 Å². The van der Waals surface area contributed by atoms with Gasteiger partial charge in [0.2, 0.25) is 5.91 Å². The topological polar surface area (TPSA) is 61.7 Å². The highest BCUT2D eigenvalue weighted by Crippen LogP contribution is 2.10. The fourth-order valence-electron chi connectivity index (χ4n) is 1.47. The Morgan fingerprint density at radius 2 is 2.36 bits per heavy atom. The van der Waals surface area contributed by atoms with Crippen LogP contribution in [0, 0.1) is 0 Å². The number of aliphatic hydroxyl groups excluding tert-OH is 1. The Labute approximate surface area is 84.4 Å². The molecule has 14 heavy (non-hydrogen) atoms. The third-order valence-corrected chi connectivity index (χ3v) is 2.34. The van der Waals surface area contributed by atoms with Crippen molar-refractivity contribution in [2.24, 2.45) is 5.10 Å². The summed E-state index contributed by atoms with van der Waals surface area (Å²) in [6, 6.07) is 0. The summed E-state index contributed by atoms with van der Waals surface area (Å²) in [5, 5.41) is 13.5. The van der Waals surface area contributed by atoms with Gasteiger partial charge in [0.1, 0.15) is 0 Å². The molecule has 1 unspecified atom stereocenters. The first kappa shape index (κ1) is 11.2. The van der Waals surface area contributed by atoms with Crippen LogP contribution in [-0.2, 0) is 4.79 Å². The van der Waals surface area contributed by atoms with Gasteiger partial charge in [-0.1, -0.05) is 19.8 Å². The highest BCUT2D eigenvalue weighted by atomic mass is 16.3. The van der Waals surface area contributed by atoms with Crippen LogP contribution in [0.1, 0.15) is 45.4 Å². The van der Waals surface area contributed by atoms with Crippen LogP contribution in [0.4, 0.5) is 0 Å². The average Bonchev–Trinajstić information content (AvgIpc) is 2.18. The summed E-state index contributed by atoms with van der Waals surface area (Å²) in [6.07, 6.45) is 4.45. The summed E-state index contributed by atoms with van der Waals surface area (Å²) >= 11 is 0. The van der Waals surface area contributed by atoms with Crippen molar-refractivity contribution in [3.63, 3.8) is 0 Å². The molecule has 1 amide bonds. The van der Waals surface area contributed by atoms with E-state index in [0.717, 1.165) is 25.0 Å². The van der Waals surface area contributed by atoms with Crippen molar-refractivity contribution in [3.8, 4) is 0 Å². The van der Waals surface area contributed by atoms with Crippen molar-refractivity contribution in [2.75, 3.05) is 0 Å². The van der Waals surface area contributed by atoms with Crippen molar-refractivity contribution in [1.82, 2.24) is 5.43 Å². The molecule has 1 heterocycles. The quantitative estimate of drug-likeness (QED) is 0.697. The van der Waals surface area contributed by atoms with Crippen molar-refractivity contribution in [2.45, 2.75) is 51.6 Å². The number of rotatable bonds is 5. The van der Waals surface area contributed by atoms with Crippen LogP contribution in [0.15, 0.2) is 5.10 Å². The molecule has 0 saturated carbocycles.